The zero-order valence-corrected chi connectivity index (χ0v) is 15.6. The van der Waals surface area contributed by atoms with Gasteiger partial charge in [-0.05, 0) is 36.4 Å². The fourth-order valence-electron chi connectivity index (χ4n) is 2.74. The Kier molecular flexibility index (Phi) is 5.00. The van der Waals surface area contributed by atoms with E-state index < -0.39 is 0 Å². The number of fused-ring (bicyclic) bond motifs is 1. The number of nitriles is 1. The van der Waals surface area contributed by atoms with Crippen molar-refractivity contribution in [3.05, 3.63) is 89.5 Å². The lowest BCUT2D eigenvalue weighted by molar-refractivity contribution is 0.102. The normalized spacial score (nSPS) is 10.4. The number of ether oxygens (including phenoxy) is 1. The van der Waals surface area contributed by atoms with Crippen molar-refractivity contribution in [3.63, 3.8) is 0 Å². The van der Waals surface area contributed by atoms with Crippen LogP contribution in [0.3, 0.4) is 0 Å². The van der Waals surface area contributed by atoms with Crippen molar-refractivity contribution >= 4 is 32.6 Å². The Balaban J connectivity index is 1.47. The number of anilines is 1. The lowest BCUT2D eigenvalue weighted by Gasteiger charge is -2.09. The molecule has 1 amide bonds. The largest absolute Gasteiger partial charge is 0.489 e. The number of nitrogens with zero attached hydrogens (tertiary/aromatic N) is 2. The smallest absolute Gasteiger partial charge is 0.257 e. The average molecular weight is 385 g/mol. The van der Waals surface area contributed by atoms with Crippen molar-refractivity contribution in [2.75, 3.05) is 5.32 Å². The molecular formula is C22H15N3O2S. The van der Waals surface area contributed by atoms with Gasteiger partial charge in [0.25, 0.3) is 5.91 Å². The van der Waals surface area contributed by atoms with Crippen LogP contribution in [0.4, 0.5) is 5.13 Å². The molecule has 3 aromatic carbocycles. The Morgan fingerprint density at radius 2 is 1.89 bits per heavy atom. The van der Waals surface area contributed by atoms with E-state index in [1.165, 1.54) is 11.3 Å². The molecule has 28 heavy (non-hydrogen) atoms. The van der Waals surface area contributed by atoms with Crippen LogP contribution in [0.15, 0.2) is 72.8 Å². The van der Waals surface area contributed by atoms with Crippen LogP contribution in [0.2, 0.25) is 0 Å². The zero-order valence-electron chi connectivity index (χ0n) is 14.8. The Labute approximate surface area is 165 Å². The van der Waals surface area contributed by atoms with Crippen molar-refractivity contribution in [2.45, 2.75) is 6.61 Å². The van der Waals surface area contributed by atoms with Gasteiger partial charge < -0.3 is 4.74 Å². The van der Waals surface area contributed by atoms with Crippen LogP contribution in [0.25, 0.3) is 10.2 Å². The van der Waals surface area contributed by atoms with E-state index in [4.69, 9.17) is 10.00 Å². The molecule has 1 aromatic heterocycles. The third kappa shape index (κ3) is 3.85. The average Bonchev–Trinajstić information content (AvgIpc) is 3.15. The molecule has 1 N–H and O–H groups in total. The first-order chi connectivity index (χ1) is 13.7. The molecule has 4 rings (SSSR count). The summed E-state index contributed by atoms with van der Waals surface area (Å²) in [5, 5.41) is 12.6. The number of carbonyl (C=O) groups is 1. The first-order valence-electron chi connectivity index (χ1n) is 8.61. The molecule has 0 spiro atoms. The second-order valence-corrected chi connectivity index (χ2v) is 7.06. The number of carbonyl (C=O) groups excluding carboxylic acids is 1. The fourth-order valence-corrected chi connectivity index (χ4v) is 3.60. The highest BCUT2D eigenvalue weighted by Gasteiger charge is 2.11. The van der Waals surface area contributed by atoms with Gasteiger partial charge in [-0.2, -0.15) is 5.26 Å². The summed E-state index contributed by atoms with van der Waals surface area (Å²) in [4.78, 5) is 17.0. The minimum Gasteiger partial charge on any atom is -0.489 e. The molecule has 0 aliphatic carbocycles. The molecule has 0 atom stereocenters. The predicted molar refractivity (Wildman–Crippen MR) is 110 cm³/mol. The molecule has 1 heterocycles. The third-order valence-electron chi connectivity index (χ3n) is 4.14. The number of thiazole rings is 1. The summed E-state index contributed by atoms with van der Waals surface area (Å²) < 4.78 is 6.80. The van der Waals surface area contributed by atoms with Crippen molar-refractivity contribution < 1.29 is 9.53 Å². The van der Waals surface area contributed by atoms with Crippen LogP contribution in [0.1, 0.15) is 21.5 Å². The fraction of sp³-hybridized carbons (Fsp3) is 0.0455. The van der Waals surface area contributed by atoms with Crippen LogP contribution in [0, 0.1) is 11.3 Å². The maximum Gasteiger partial charge on any atom is 0.257 e. The summed E-state index contributed by atoms with van der Waals surface area (Å²) in [7, 11) is 0. The summed E-state index contributed by atoms with van der Waals surface area (Å²) in [6, 6.07) is 24.1. The van der Waals surface area contributed by atoms with Gasteiger partial charge in [-0.25, -0.2) is 4.98 Å². The highest BCUT2D eigenvalue weighted by atomic mass is 32.1. The maximum absolute atomic E-state index is 12.6. The summed E-state index contributed by atoms with van der Waals surface area (Å²) in [6.07, 6.45) is 0. The van der Waals surface area contributed by atoms with Gasteiger partial charge in [-0.1, -0.05) is 47.7 Å². The van der Waals surface area contributed by atoms with Gasteiger partial charge in [0, 0.05) is 11.1 Å². The van der Waals surface area contributed by atoms with Gasteiger partial charge in [0.1, 0.15) is 12.4 Å². The van der Waals surface area contributed by atoms with Crippen molar-refractivity contribution in [1.82, 2.24) is 4.98 Å². The van der Waals surface area contributed by atoms with Crippen LogP contribution >= 0.6 is 11.3 Å². The van der Waals surface area contributed by atoms with E-state index in [9.17, 15) is 4.79 Å². The second kappa shape index (κ2) is 7.91. The van der Waals surface area contributed by atoms with E-state index in [1.807, 2.05) is 42.5 Å². The highest BCUT2D eigenvalue weighted by molar-refractivity contribution is 7.22. The number of aromatic nitrogens is 1. The molecule has 0 fully saturated rings. The summed E-state index contributed by atoms with van der Waals surface area (Å²) >= 11 is 1.43. The van der Waals surface area contributed by atoms with E-state index in [0.29, 0.717) is 22.0 Å². The van der Waals surface area contributed by atoms with Gasteiger partial charge in [0.15, 0.2) is 5.13 Å². The summed E-state index contributed by atoms with van der Waals surface area (Å²) in [5.41, 5.74) is 2.71. The van der Waals surface area contributed by atoms with Gasteiger partial charge in [0.2, 0.25) is 0 Å². The summed E-state index contributed by atoms with van der Waals surface area (Å²) in [6.45, 7) is 0.257. The molecule has 0 radical (unpaired) electrons. The first-order valence-corrected chi connectivity index (χ1v) is 9.42. The lowest BCUT2D eigenvalue weighted by atomic mass is 10.1. The number of hydrogen-bond acceptors (Lipinski definition) is 5. The number of para-hydroxylation sites is 1. The zero-order chi connectivity index (χ0) is 19.3. The third-order valence-corrected chi connectivity index (χ3v) is 5.09. The van der Waals surface area contributed by atoms with Gasteiger partial charge in [0.05, 0.1) is 21.8 Å². The van der Waals surface area contributed by atoms with E-state index in [0.717, 1.165) is 15.8 Å². The minimum atomic E-state index is -0.248. The Bertz CT molecular complexity index is 1160. The number of nitrogens with one attached hydrogen (secondary N) is 1. The molecule has 0 bridgehead atoms. The van der Waals surface area contributed by atoms with E-state index in [1.54, 1.807) is 30.3 Å². The van der Waals surface area contributed by atoms with E-state index in [-0.39, 0.29) is 12.5 Å². The van der Waals surface area contributed by atoms with Crippen LogP contribution < -0.4 is 10.1 Å². The number of hydrogen-bond donors (Lipinski definition) is 1. The number of rotatable bonds is 5. The molecular weight excluding hydrogens is 370 g/mol. The molecule has 0 aliphatic rings. The predicted octanol–water partition coefficient (Wildman–Crippen LogP) is 5.00. The Morgan fingerprint density at radius 3 is 2.75 bits per heavy atom. The molecule has 0 aliphatic heterocycles. The Hall–Kier alpha value is -3.69. The highest BCUT2D eigenvalue weighted by Crippen LogP contribution is 2.26. The van der Waals surface area contributed by atoms with E-state index in [2.05, 4.69) is 16.4 Å². The molecule has 5 nitrogen and oxygen atoms in total. The van der Waals surface area contributed by atoms with Gasteiger partial charge >= 0.3 is 0 Å². The molecule has 136 valence electrons. The molecule has 0 saturated carbocycles. The number of benzene rings is 3. The van der Waals surface area contributed by atoms with Crippen molar-refractivity contribution in [3.8, 4) is 11.8 Å². The standard InChI is InChI=1S/C22H15N3O2S/c23-13-16-6-1-2-7-17(16)14-27-18-9-5-8-15(12-18)21(26)25-22-24-19-10-3-4-11-20(19)28-22/h1-12H,14H2,(H,24,25,26). The van der Waals surface area contributed by atoms with Crippen LogP contribution in [-0.4, -0.2) is 10.9 Å². The van der Waals surface area contributed by atoms with Crippen molar-refractivity contribution in [2.24, 2.45) is 0 Å². The van der Waals surface area contributed by atoms with Crippen LogP contribution in [0.5, 0.6) is 5.75 Å². The molecule has 0 unspecified atom stereocenters. The molecule has 0 saturated heterocycles. The van der Waals surface area contributed by atoms with Gasteiger partial charge in [-0.15, -0.1) is 0 Å². The first kappa shape index (κ1) is 17.7. The van der Waals surface area contributed by atoms with E-state index >= 15 is 0 Å². The van der Waals surface area contributed by atoms with Crippen molar-refractivity contribution in [1.29, 1.82) is 5.26 Å². The molecule has 4 aromatic rings. The second-order valence-electron chi connectivity index (χ2n) is 6.03. The Morgan fingerprint density at radius 1 is 1.07 bits per heavy atom. The lowest BCUT2D eigenvalue weighted by Crippen LogP contribution is -2.11. The minimum absolute atomic E-state index is 0.248. The maximum atomic E-state index is 12.6. The monoisotopic (exact) mass is 385 g/mol. The number of amides is 1. The summed E-state index contributed by atoms with van der Waals surface area (Å²) in [5.74, 6) is 0.312. The topological polar surface area (TPSA) is 75.0 Å². The molecule has 6 heteroatoms. The van der Waals surface area contributed by atoms with Gasteiger partial charge in [-0.3, -0.25) is 10.1 Å². The van der Waals surface area contributed by atoms with Crippen LogP contribution in [-0.2, 0) is 6.61 Å². The quantitative estimate of drug-likeness (QED) is 0.525. The SMILES string of the molecule is N#Cc1ccccc1COc1cccc(C(=O)Nc2nc3ccccc3s2)c1.